The lowest BCUT2D eigenvalue weighted by molar-refractivity contribution is 0.0179. The van der Waals surface area contributed by atoms with Crippen LogP contribution in [0.3, 0.4) is 0 Å². The predicted octanol–water partition coefficient (Wildman–Crippen LogP) is 3.03. The number of morpholine rings is 1. The van der Waals surface area contributed by atoms with Crippen LogP contribution in [0.15, 0.2) is 29.3 Å². The Bertz CT molecular complexity index is 633. The minimum Gasteiger partial charge on any atom is -0.379 e. The second kappa shape index (κ2) is 13.5. The van der Waals surface area contributed by atoms with Crippen LogP contribution in [0.2, 0.25) is 0 Å². The predicted molar refractivity (Wildman–Crippen MR) is 136 cm³/mol. The Labute approximate surface area is 199 Å². The van der Waals surface area contributed by atoms with Crippen LogP contribution in [0.4, 0.5) is 0 Å². The van der Waals surface area contributed by atoms with Gasteiger partial charge in [-0.25, -0.2) is 0 Å². The Kier molecular flexibility index (Phi) is 11.4. The van der Waals surface area contributed by atoms with E-state index in [-0.39, 0.29) is 30.0 Å². The minimum absolute atomic E-state index is 0. The van der Waals surface area contributed by atoms with E-state index in [1.807, 2.05) is 0 Å². The van der Waals surface area contributed by atoms with Gasteiger partial charge in [-0.1, -0.05) is 36.8 Å². The number of hydrogen-bond donors (Lipinski definition) is 2. The largest absolute Gasteiger partial charge is 0.379 e. The fourth-order valence-corrected chi connectivity index (χ4v) is 4.39. The van der Waals surface area contributed by atoms with Crippen LogP contribution >= 0.6 is 24.0 Å². The van der Waals surface area contributed by atoms with Crippen molar-refractivity contribution in [1.82, 2.24) is 20.4 Å². The van der Waals surface area contributed by atoms with Gasteiger partial charge in [-0.15, -0.1) is 24.0 Å². The van der Waals surface area contributed by atoms with E-state index in [9.17, 15) is 0 Å². The van der Waals surface area contributed by atoms with Crippen molar-refractivity contribution in [3.8, 4) is 0 Å². The van der Waals surface area contributed by atoms with E-state index in [4.69, 9.17) is 9.73 Å². The van der Waals surface area contributed by atoms with Gasteiger partial charge in [0.25, 0.3) is 0 Å². The lowest BCUT2D eigenvalue weighted by Gasteiger charge is -2.34. The van der Waals surface area contributed by atoms with Gasteiger partial charge in [-0.05, 0) is 45.3 Å². The molecule has 7 heteroatoms. The first kappa shape index (κ1) is 25.4. The highest BCUT2D eigenvalue weighted by Gasteiger charge is 2.24. The summed E-state index contributed by atoms with van der Waals surface area (Å²) < 4.78 is 5.58. The highest BCUT2D eigenvalue weighted by Crippen LogP contribution is 2.23. The zero-order valence-corrected chi connectivity index (χ0v) is 21.2. The number of guanidine groups is 1. The fourth-order valence-electron chi connectivity index (χ4n) is 4.39. The van der Waals surface area contributed by atoms with E-state index < -0.39 is 0 Å². The first-order valence-electron chi connectivity index (χ1n) is 11.4. The number of ether oxygens (including phenoxy) is 1. The normalized spacial score (nSPS) is 21.8. The third kappa shape index (κ3) is 7.35. The Hall–Kier alpha value is -0.900. The van der Waals surface area contributed by atoms with E-state index in [1.165, 1.54) is 30.5 Å². The zero-order chi connectivity index (χ0) is 20.5. The maximum absolute atomic E-state index is 5.58. The minimum atomic E-state index is 0. The SMILES string of the molecule is CCNC(=NCC(c1ccc(C)cc1)N1CCOCC1)NCC1CCCN1CC.I. The molecule has 0 aromatic heterocycles. The van der Waals surface area contributed by atoms with E-state index in [0.29, 0.717) is 6.04 Å². The number of nitrogens with zero attached hydrogens (tertiary/aromatic N) is 3. The molecule has 0 aliphatic carbocycles. The molecule has 2 atom stereocenters. The number of likely N-dealkylation sites (tertiary alicyclic amines) is 1. The van der Waals surface area contributed by atoms with Gasteiger partial charge in [0.1, 0.15) is 0 Å². The summed E-state index contributed by atoms with van der Waals surface area (Å²) in [7, 11) is 0. The van der Waals surface area contributed by atoms with Crippen LogP contribution in [-0.4, -0.2) is 80.8 Å². The second-order valence-corrected chi connectivity index (χ2v) is 8.10. The maximum atomic E-state index is 5.58. The van der Waals surface area contributed by atoms with Crippen molar-refractivity contribution in [2.45, 2.75) is 45.7 Å². The van der Waals surface area contributed by atoms with Crippen molar-refractivity contribution in [1.29, 1.82) is 0 Å². The summed E-state index contributed by atoms with van der Waals surface area (Å²) in [5, 5.41) is 7.04. The molecule has 1 aromatic rings. The van der Waals surface area contributed by atoms with E-state index >= 15 is 0 Å². The molecule has 0 saturated carbocycles. The van der Waals surface area contributed by atoms with Gasteiger partial charge in [0.2, 0.25) is 0 Å². The van der Waals surface area contributed by atoms with Gasteiger partial charge in [0.05, 0.1) is 25.8 Å². The van der Waals surface area contributed by atoms with Gasteiger partial charge >= 0.3 is 0 Å². The van der Waals surface area contributed by atoms with Crippen molar-refractivity contribution in [3.05, 3.63) is 35.4 Å². The van der Waals surface area contributed by atoms with Crippen molar-refractivity contribution in [3.63, 3.8) is 0 Å². The van der Waals surface area contributed by atoms with Crippen molar-refractivity contribution in [2.75, 3.05) is 59.0 Å². The number of aliphatic imine (C=N–C) groups is 1. The summed E-state index contributed by atoms with van der Waals surface area (Å²) in [4.78, 5) is 10.1. The molecule has 6 nitrogen and oxygen atoms in total. The van der Waals surface area contributed by atoms with Gasteiger partial charge in [0, 0.05) is 32.2 Å². The molecular formula is C23H40IN5O. The molecule has 0 spiro atoms. The Morgan fingerprint density at radius 3 is 2.53 bits per heavy atom. The molecule has 2 aliphatic heterocycles. The summed E-state index contributed by atoms with van der Waals surface area (Å²) in [6.07, 6.45) is 2.58. The molecular weight excluding hydrogens is 489 g/mol. The third-order valence-electron chi connectivity index (χ3n) is 6.13. The summed E-state index contributed by atoms with van der Waals surface area (Å²) >= 11 is 0. The van der Waals surface area contributed by atoms with Crippen molar-refractivity contribution < 1.29 is 4.74 Å². The molecule has 0 amide bonds. The molecule has 2 unspecified atom stereocenters. The lowest BCUT2D eigenvalue weighted by atomic mass is 10.0. The number of rotatable bonds is 8. The molecule has 0 bridgehead atoms. The monoisotopic (exact) mass is 529 g/mol. The standard InChI is InChI=1S/C23H39N5O.HI/c1-4-24-23(25-17-21-7-6-12-27(21)5-2)26-18-22(28-13-15-29-16-14-28)20-10-8-19(3)9-11-20;/h8-11,21-22H,4-7,12-18H2,1-3H3,(H2,24,25,26);1H. The highest BCUT2D eigenvalue weighted by atomic mass is 127. The van der Waals surface area contributed by atoms with Crippen molar-refractivity contribution in [2.24, 2.45) is 4.99 Å². The summed E-state index contributed by atoms with van der Waals surface area (Å²) in [5.41, 5.74) is 2.63. The smallest absolute Gasteiger partial charge is 0.191 e. The Balaban J connectivity index is 0.00000320. The molecule has 170 valence electrons. The molecule has 1 aromatic carbocycles. The number of aryl methyl sites for hydroxylation is 1. The average molecular weight is 530 g/mol. The quantitative estimate of drug-likeness (QED) is 0.308. The molecule has 2 N–H and O–H groups in total. The third-order valence-corrected chi connectivity index (χ3v) is 6.13. The zero-order valence-electron chi connectivity index (χ0n) is 18.9. The maximum Gasteiger partial charge on any atom is 0.191 e. The van der Waals surface area contributed by atoms with Gasteiger partial charge in [-0.2, -0.15) is 0 Å². The lowest BCUT2D eigenvalue weighted by Crippen LogP contribution is -2.45. The first-order valence-corrected chi connectivity index (χ1v) is 11.4. The number of halogens is 1. The van der Waals surface area contributed by atoms with Crippen LogP contribution in [0.5, 0.6) is 0 Å². The van der Waals surface area contributed by atoms with Crippen LogP contribution in [0.25, 0.3) is 0 Å². The average Bonchev–Trinajstić information content (AvgIpc) is 3.21. The molecule has 30 heavy (non-hydrogen) atoms. The van der Waals surface area contributed by atoms with Crippen LogP contribution in [0, 0.1) is 6.92 Å². The molecule has 3 rings (SSSR count). The fraction of sp³-hybridized carbons (Fsp3) is 0.696. The molecule has 2 aliphatic rings. The number of likely N-dealkylation sites (N-methyl/N-ethyl adjacent to an activating group) is 1. The second-order valence-electron chi connectivity index (χ2n) is 8.10. The van der Waals surface area contributed by atoms with Crippen LogP contribution in [0.1, 0.15) is 43.9 Å². The molecule has 0 radical (unpaired) electrons. The molecule has 2 fully saturated rings. The summed E-state index contributed by atoms with van der Waals surface area (Å²) in [6, 6.07) is 9.82. The van der Waals surface area contributed by atoms with Crippen LogP contribution < -0.4 is 10.6 Å². The van der Waals surface area contributed by atoms with Gasteiger partial charge in [-0.3, -0.25) is 14.8 Å². The number of hydrogen-bond acceptors (Lipinski definition) is 4. The Morgan fingerprint density at radius 1 is 1.13 bits per heavy atom. The van der Waals surface area contributed by atoms with Crippen molar-refractivity contribution >= 4 is 29.9 Å². The van der Waals surface area contributed by atoms with E-state index in [2.05, 4.69) is 65.5 Å². The molecule has 2 saturated heterocycles. The number of nitrogens with one attached hydrogen (secondary N) is 2. The summed E-state index contributed by atoms with van der Waals surface area (Å²) in [5.74, 6) is 0.931. The first-order chi connectivity index (χ1) is 14.2. The Morgan fingerprint density at radius 2 is 1.87 bits per heavy atom. The topological polar surface area (TPSA) is 52.1 Å². The molecule has 2 heterocycles. The van der Waals surface area contributed by atoms with Gasteiger partial charge < -0.3 is 15.4 Å². The highest BCUT2D eigenvalue weighted by molar-refractivity contribution is 14.0. The van der Waals surface area contributed by atoms with E-state index in [0.717, 1.165) is 58.4 Å². The number of benzene rings is 1. The van der Waals surface area contributed by atoms with E-state index in [1.54, 1.807) is 0 Å². The summed E-state index contributed by atoms with van der Waals surface area (Å²) in [6.45, 7) is 15.0. The van der Waals surface area contributed by atoms with Crippen LogP contribution in [-0.2, 0) is 4.74 Å². The van der Waals surface area contributed by atoms with Gasteiger partial charge in [0.15, 0.2) is 5.96 Å².